The number of anilines is 3. The first kappa shape index (κ1) is 16.7. The summed E-state index contributed by atoms with van der Waals surface area (Å²) in [6.07, 6.45) is -1.28. The van der Waals surface area contributed by atoms with Crippen LogP contribution in [0.1, 0.15) is 0 Å². The van der Waals surface area contributed by atoms with Crippen LogP contribution >= 0.6 is 0 Å². The standard InChI is InChI=1S/C16H19N3O4/c20-11-10-18(16(12-21)19(22)23)15-8-6-14(7-9-15)17-13-4-2-1-3-5-13/h1-9,16-17,20-21H,10-12H2. The largest absolute Gasteiger partial charge is 0.395 e. The van der Waals surface area contributed by atoms with Crippen LogP contribution in [0.2, 0.25) is 0 Å². The molecular weight excluding hydrogens is 298 g/mol. The highest BCUT2D eigenvalue weighted by atomic mass is 16.6. The first-order valence-corrected chi connectivity index (χ1v) is 7.19. The lowest BCUT2D eigenvalue weighted by Gasteiger charge is -2.26. The minimum absolute atomic E-state index is 0.0671. The average Bonchev–Trinajstić information content (AvgIpc) is 2.56. The van der Waals surface area contributed by atoms with E-state index in [4.69, 9.17) is 5.11 Å². The van der Waals surface area contributed by atoms with E-state index in [2.05, 4.69) is 5.32 Å². The van der Waals surface area contributed by atoms with Crippen molar-refractivity contribution in [3.8, 4) is 0 Å². The molecule has 2 aromatic carbocycles. The molecule has 0 saturated carbocycles. The Bertz CT molecular complexity index is 619. The summed E-state index contributed by atoms with van der Waals surface area (Å²) in [6, 6.07) is 16.6. The molecule has 1 atom stereocenters. The zero-order valence-electron chi connectivity index (χ0n) is 12.5. The van der Waals surface area contributed by atoms with Crippen LogP contribution in [0.4, 0.5) is 17.1 Å². The molecule has 7 heteroatoms. The molecule has 0 fully saturated rings. The van der Waals surface area contributed by atoms with E-state index in [1.165, 1.54) is 4.90 Å². The number of aliphatic hydroxyl groups is 2. The molecule has 0 aromatic heterocycles. The third-order valence-electron chi connectivity index (χ3n) is 3.37. The van der Waals surface area contributed by atoms with E-state index in [0.717, 1.165) is 11.4 Å². The van der Waals surface area contributed by atoms with Crippen molar-refractivity contribution in [3.63, 3.8) is 0 Å². The SMILES string of the molecule is O=[N+]([O-])C(CO)N(CCO)c1ccc(Nc2ccccc2)cc1. The first-order chi connectivity index (χ1) is 11.2. The predicted molar refractivity (Wildman–Crippen MR) is 88.5 cm³/mol. The molecule has 0 radical (unpaired) electrons. The fourth-order valence-electron chi connectivity index (χ4n) is 2.26. The molecule has 0 aliphatic rings. The Morgan fingerprint density at radius 1 is 1.04 bits per heavy atom. The van der Waals surface area contributed by atoms with Gasteiger partial charge in [0.1, 0.15) is 6.61 Å². The van der Waals surface area contributed by atoms with E-state index in [1.807, 2.05) is 30.3 Å². The van der Waals surface area contributed by atoms with Crippen molar-refractivity contribution >= 4 is 17.1 Å². The van der Waals surface area contributed by atoms with Gasteiger partial charge in [-0.1, -0.05) is 18.2 Å². The van der Waals surface area contributed by atoms with E-state index >= 15 is 0 Å². The first-order valence-electron chi connectivity index (χ1n) is 7.19. The maximum Gasteiger partial charge on any atom is 0.310 e. The van der Waals surface area contributed by atoms with Crippen molar-refractivity contribution in [2.24, 2.45) is 0 Å². The summed E-state index contributed by atoms with van der Waals surface area (Å²) in [7, 11) is 0. The molecule has 0 spiro atoms. The maximum absolute atomic E-state index is 11.0. The van der Waals surface area contributed by atoms with E-state index in [-0.39, 0.29) is 13.2 Å². The van der Waals surface area contributed by atoms with Crippen LogP contribution < -0.4 is 10.2 Å². The third-order valence-corrected chi connectivity index (χ3v) is 3.37. The number of benzene rings is 2. The third kappa shape index (κ3) is 4.41. The molecule has 0 amide bonds. The van der Waals surface area contributed by atoms with Crippen LogP contribution in [-0.2, 0) is 0 Å². The summed E-state index contributed by atoms with van der Waals surface area (Å²) in [5.74, 6) is 0. The lowest BCUT2D eigenvalue weighted by atomic mass is 10.2. The van der Waals surface area contributed by atoms with Crippen LogP contribution in [0.15, 0.2) is 54.6 Å². The molecule has 3 N–H and O–H groups in total. The monoisotopic (exact) mass is 317 g/mol. The van der Waals surface area contributed by atoms with Crippen LogP contribution in [0.25, 0.3) is 0 Å². The van der Waals surface area contributed by atoms with Gasteiger partial charge in [-0.25, -0.2) is 0 Å². The summed E-state index contributed by atoms with van der Waals surface area (Å²) in [5.41, 5.74) is 2.34. The van der Waals surface area contributed by atoms with Gasteiger partial charge in [-0.05, 0) is 36.4 Å². The van der Waals surface area contributed by atoms with Gasteiger partial charge in [0.15, 0.2) is 0 Å². The maximum atomic E-state index is 11.0. The van der Waals surface area contributed by atoms with Crippen LogP contribution in [0.5, 0.6) is 0 Å². The Kier molecular flexibility index (Phi) is 5.90. The zero-order chi connectivity index (χ0) is 16.7. The highest BCUT2D eigenvalue weighted by Gasteiger charge is 2.27. The molecule has 7 nitrogen and oxygen atoms in total. The Balaban J connectivity index is 2.16. The second kappa shape index (κ2) is 8.11. The lowest BCUT2D eigenvalue weighted by molar-refractivity contribution is -0.524. The van der Waals surface area contributed by atoms with E-state index in [1.54, 1.807) is 24.3 Å². The van der Waals surface area contributed by atoms with Crippen LogP contribution in [0.3, 0.4) is 0 Å². The number of hydrogen-bond donors (Lipinski definition) is 3. The van der Waals surface area contributed by atoms with Crippen molar-refractivity contribution in [2.75, 3.05) is 30.0 Å². The summed E-state index contributed by atoms with van der Waals surface area (Å²) in [6.45, 7) is -0.803. The fraction of sp³-hybridized carbons (Fsp3) is 0.250. The van der Waals surface area contributed by atoms with Gasteiger partial charge in [0.2, 0.25) is 0 Å². The molecule has 0 aliphatic carbocycles. The highest BCUT2D eigenvalue weighted by Crippen LogP contribution is 2.22. The summed E-state index contributed by atoms with van der Waals surface area (Å²) >= 11 is 0. The Labute approximate surface area is 133 Å². The Morgan fingerprint density at radius 3 is 2.17 bits per heavy atom. The number of nitrogens with zero attached hydrogens (tertiary/aromatic N) is 2. The Hall–Kier alpha value is -2.64. The molecule has 23 heavy (non-hydrogen) atoms. The molecule has 0 heterocycles. The zero-order valence-corrected chi connectivity index (χ0v) is 12.5. The smallest absolute Gasteiger partial charge is 0.310 e. The van der Waals surface area contributed by atoms with Gasteiger partial charge in [-0.15, -0.1) is 0 Å². The number of para-hydroxylation sites is 1. The van der Waals surface area contributed by atoms with E-state index in [9.17, 15) is 15.2 Å². The Morgan fingerprint density at radius 2 is 1.65 bits per heavy atom. The molecule has 1 unspecified atom stereocenters. The normalized spacial score (nSPS) is 11.7. The second-order valence-electron chi connectivity index (χ2n) is 4.90. The van der Waals surface area contributed by atoms with Gasteiger partial charge in [0.25, 0.3) is 0 Å². The molecule has 122 valence electrons. The molecular formula is C16H19N3O4. The van der Waals surface area contributed by atoms with Gasteiger partial charge in [0, 0.05) is 28.5 Å². The van der Waals surface area contributed by atoms with E-state index < -0.39 is 17.7 Å². The summed E-state index contributed by atoms with van der Waals surface area (Å²) < 4.78 is 0. The minimum Gasteiger partial charge on any atom is -0.395 e. The van der Waals surface area contributed by atoms with Gasteiger partial charge in [0.05, 0.1) is 6.61 Å². The molecule has 0 bridgehead atoms. The minimum atomic E-state index is -1.28. The van der Waals surface area contributed by atoms with E-state index in [0.29, 0.717) is 5.69 Å². The second-order valence-corrected chi connectivity index (χ2v) is 4.90. The number of nitro groups is 1. The molecule has 2 aromatic rings. The topological polar surface area (TPSA) is 98.9 Å². The molecule has 2 rings (SSSR count). The highest BCUT2D eigenvalue weighted by molar-refractivity contribution is 5.62. The number of hydrogen-bond acceptors (Lipinski definition) is 6. The van der Waals surface area contributed by atoms with Crippen molar-refractivity contribution in [3.05, 3.63) is 64.7 Å². The van der Waals surface area contributed by atoms with Gasteiger partial charge in [-0.3, -0.25) is 10.1 Å². The van der Waals surface area contributed by atoms with Crippen molar-refractivity contribution in [1.82, 2.24) is 0 Å². The van der Waals surface area contributed by atoms with Crippen molar-refractivity contribution in [2.45, 2.75) is 6.17 Å². The quantitative estimate of drug-likeness (QED) is 0.390. The van der Waals surface area contributed by atoms with Gasteiger partial charge < -0.3 is 20.4 Å². The van der Waals surface area contributed by atoms with Gasteiger partial charge in [-0.2, -0.15) is 0 Å². The number of aliphatic hydroxyl groups excluding tert-OH is 2. The van der Waals surface area contributed by atoms with Crippen molar-refractivity contribution < 1.29 is 15.1 Å². The van der Waals surface area contributed by atoms with Crippen molar-refractivity contribution in [1.29, 1.82) is 0 Å². The van der Waals surface area contributed by atoms with Gasteiger partial charge >= 0.3 is 6.17 Å². The summed E-state index contributed by atoms with van der Waals surface area (Å²) in [4.78, 5) is 11.8. The number of rotatable bonds is 8. The fourth-order valence-corrected chi connectivity index (χ4v) is 2.26. The van der Waals surface area contributed by atoms with Crippen LogP contribution in [-0.4, -0.2) is 41.1 Å². The summed E-state index contributed by atoms with van der Waals surface area (Å²) in [5, 5.41) is 32.6. The van der Waals surface area contributed by atoms with Crippen LogP contribution in [0, 0.1) is 10.1 Å². The molecule has 0 saturated heterocycles. The lowest BCUT2D eigenvalue weighted by Crippen LogP contribution is -2.45. The predicted octanol–water partition coefficient (Wildman–Crippen LogP) is 1.82. The number of nitrogens with one attached hydrogen (secondary N) is 1. The average molecular weight is 317 g/mol. The molecule has 0 aliphatic heterocycles.